The van der Waals surface area contributed by atoms with E-state index in [0.29, 0.717) is 19.6 Å². The summed E-state index contributed by atoms with van der Waals surface area (Å²) in [5, 5.41) is 15.7. The maximum atomic E-state index is 14.2. The number of benzene rings is 3. The van der Waals surface area contributed by atoms with Crippen molar-refractivity contribution in [1.82, 2.24) is 25.6 Å². The summed E-state index contributed by atoms with van der Waals surface area (Å²) in [4.78, 5) is 56.2. The molecular formula is C37H47F2N5O5. The SMILES string of the molecule is CCCN(CCC)C(=O)c1cc(C(=O)NC(Cc2cc(F)cc(F)c2)C(O)CN(CC)NC(=O)Cc2ccccc2)cc(C(=O)N(C)C)c1. The van der Waals surface area contributed by atoms with Gasteiger partial charge in [-0.25, -0.2) is 13.8 Å². The van der Waals surface area contributed by atoms with Crippen LogP contribution in [-0.2, 0) is 17.6 Å². The minimum absolute atomic E-state index is 0.00451. The molecule has 49 heavy (non-hydrogen) atoms. The molecule has 0 radical (unpaired) electrons. The Bertz CT molecular complexity index is 1560. The van der Waals surface area contributed by atoms with Crippen molar-refractivity contribution in [3.8, 4) is 0 Å². The molecule has 0 spiro atoms. The van der Waals surface area contributed by atoms with Gasteiger partial charge in [0.2, 0.25) is 5.91 Å². The van der Waals surface area contributed by atoms with E-state index in [0.717, 1.165) is 36.6 Å². The first-order valence-corrected chi connectivity index (χ1v) is 16.5. The van der Waals surface area contributed by atoms with Gasteiger partial charge in [-0.05, 0) is 60.7 Å². The normalized spacial score (nSPS) is 12.3. The zero-order valence-corrected chi connectivity index (χ0v) is 28.8. The fourth-order valence-corrected chi connectivity index (χ4v) is 5.42. The highest BCUT2D eigenvalue weighted by molar-refractivity contribution is 6.04. The van der Waals surface area contributed by atoms with E-state index in [-0.39, 0.29) is 53.5 Å². The van der Waals surface area contributed by atoms with Crippen LogP contribution in [0.4, 0.5) is 8.78 Å². The Labute approximate surface area is 287 Å². The third-order valence-corrected chi connectivity index (χ3v) is 7.81. The van der Waals surface area contributed by atoms with Gasteiger partial charge in [0.25, 0.3) is 17.7 Å². The van der Waals surface area contributed by atoms with Gasteiger partial charge in [0.05, 0.1) is 18.6 Å². The predicted octanol–water partition coefficient (Wildman–Crippen LogP) is 4.23. The third-order valence-electron chi connectivity index (χ3n) is 7.81. The molecule has 0 fully saturated rings. The first-order valence-electron chi connectivity index (χ1n) is 16.5. The summed E-state index contributed by atoms with van der Waals surface area (Å²) in [6.45, 7) is 6.83. The smallest absolute Gasteiger partial charge is 0.253 e. The van der Waals surface area contributed by atoms with Gasteiger partial charge in [-0.1, -0.05) is 51.1 Å². The van der Waals surface area contributed by atoms with Crippen molar-refractivity contribution in [2.75, 3.05) is 40.3 Å². The summed E-state index contributed by atoms with van der Waals surface area (Å²) in [6.07, 6.45) is 0.0473. The number of aliphatic hydroxyl groups excluding tert-OH is 1. The molecule has 3 rings (SSSR count). The van der Waals surface area contributed by atoms with Gasteiger partial charge in [0.15, 0.2) is 0 Å². The Hall–Kier alpha value is -4.68. The van der Waals surface area contributed by atoms with E-state index in [1.807, 2.05) is 44.2 Å². The Kier molecular flexibility index (Phi) is 14.8. The summed E-state index contributed by atoms with van der Waals surface area (Å²) >= 11 is 0. The zero-order chi connectivity index (χ0) is 36.1. The predicted molar refractivity (Wildman–Crippen MR) is 184 cm³/mol. The largest absolute Gasteiger partial charge is 0.390 e. The topological polar surface area (TPSA) is 122 Å². The van der Waals surface area contributed by atoms with E-state index >= 15 is 0 Å². The molecule has 0 aliphatic heterocycles. The van der Waals surface area contributed by atoms with Gasteiger partial charge in [0.1, 0.15) is 11.6 Å². The second kappa shape index (κ2) is 18.8. The lowest BCUT2D eigenvalue weighted by Gasteiger charge is -2.30. The van der Waals surface area contributed by atoms with Crippen LogP contribution in [0.3, 0.4) is 0 Å². The number of rotatable bonds is 17. The minimum Gasteiger partial charge on any atom is -0.390 e. The van der Waals surface area contributed by atoms with Crippen LogP contribution < -0.4 is 10.7 Å². The van der Waals surface area contributed by atoms with E-state index in [1.165, 1.54) is 28.1 Å². The number of carbonyl (C=O) groups is 4. The lowest BCUT2D eigenvalue weighted by Crippen LogP contribution is -2.53. The highest BCUT2D eigenvalue weighted by Crippen LogP contribution is 2.18. The summed E-state index contributed by atoms with van der Waals surface area (Å²) < 4.78 is 28.3. The van der Waals surface area contributed by atoms with Gasteiger partial charge < -0.3 is 20.2 Å². The summed E-state index contributed by atoms with van der Waals surface area (Å²) in [5.41, 5.74) is 4.02. The van der Waals surface area contributed by atoms with Crippen LogP contribution >= 0.6 is 0 Å². The standard InChI is InChI=1S/C37H47F2N5O5/c1-6-14-43(15-7-2)37(49)29-21-27(20-28(22-29)36(48)42(4)5)35(47)40-32(18-26-16-30(38)23-31(39)17-26)33(45)24-44(8-3)41-34(46)19-25-12-10-9-11-13-25/h9-13,16-17,20-23,32-33,45H,6-8,14-15,18-19,24H2,1-5H3,(H,40,47)(H,41,46). The molecule has 3 aromatic rings. The van der Waals surface area contributed by atoms with Crippen LogP contribution in [0.25, 0.3) is 0 Å². The summed E-state index contributed by atoms with van der Waals surface area (Å²) in [7, 11) is 3.11. The number of nitrogens with one attached hydrogen (secondary N) is 2. The van der Waals surface area contributed by atoms with Crippen molar-refractivity contribution in [2.45, 2.75) is 58.6 Å². The molecule has 3 N–H and O–H groups in total. The monoisotopic (exact) mass is 679 g/mol. The number of hydrogen-bond acceptors (Lipinski definition) is 6. The lowest BCUT2D eigenvalue weighted by atomic mass is 9.98. The molecule has 0 aromatic heterocycles. The van der Waals surface area contributed by atoms with E-state index in [9.17, 15) is 33.1 Å². The fraction of sp³-hybridized carbons (Fsp3) is 0.405. The summed E-state index contributed by atoms with van der Waals surface area (Å²) in [6, 6.07) is 15.2. The van der Waals surface area contributed by atoms with Crippen LogP contribution in [0.1, 0.15) is 75.8 Å². The van der Waals surface area contributed by atoms with E-state index in [1.54, 1.807) is 25.9 Å². The first-order chi connectivity index (χ1) is 23.3. The molecule has 264 valence electrons. The average Bonchev–Trinajstić information content (AvgIpc) is 3.06. The van der Waals surface area contributed by atoms with Gasteiger partial charge in [0, 0.05) is 63.0 Å². The average molecular weight is 680 g/mol. The fourth-order valence-electron chi connectivity index (χ4n) is 5.42. The second-order valence-corrected chi connectivity index (χ2v) is 12.2. The number of nitrogens with zero attached hydrogens (tertiary/aromatic N) is 3. The number of likely N-dealkylation sites (N-methyl/N-ethyl adjacent to an activating group) is 1. The molecule has 3 aromatic carbocycles. The third kappa shape index (κ3) is 11.8. The highest BCUT2D eigenvalue weighted by atomic mass is 19.1. The zero-order valence-electron chi connectivity index (χ0n) is 28.8. The maximum Gasteiger partial charge on any atom is 0.253 e. The Morgan fingerprint density at radius 2 is 1.35 bits per heavy atom. The number of carbonyl (C=O) groups excluding carboxylic acids is 4. The number of aliphatic hydroxyl groups is 1. The molecule has 0 saturated carbocycles. The maximum absolute atomic E-state index is 14.2. The molecule has 0 heterocycles. The molecule has 2 atom stereocenters. The van der Waals surface area contributed by atoms with Gasteiger partial charge in [-0.2, -0.15) is 0 Å². The molecule has 12 heteroatoms. The first kappa shape index (κ1) is 38.8. The van der Waals surface area contributed by atoms with Crippen molar-refractivity contribution >= 4 is 23.6 Å². The van der Waals surface area contributed by atoms with Crippen LogP contribution in [0, 0.1) is 11.6 Å². The van der Waals surface area contributed by atoms with Crippen LogP contribution in [0.15, 0.2) is 66.7 Å². The number of halogens is 2. The van der Waals surface area contributed by atoms with Crippen molar-refractivity contribution in [1.29, 1.82) is 0 Å². The van der Waals surface area contributed by atoms with E-state index in [2.05, 4.69) is 10.7 Å². The van der Waals surface area contributed by atoms with Crippen LogP contribution in [0.2, 0.25) is 0 Å². The Morgan fingerprint density at radius 3 is 1.90 bits per heavy atom. The van der Waals surface area contributed by atoms with Crippen molar-refractivity contribution in [3.63, 3.8) is 0 Å². The molecule has 4 amide bonds. The lowest BCUT2D eigenvalue weighted by molar-refractivity contribution is -0.125. The number of amides is 4. The second-order valence-electron chi connectivity index (χ2n) is 12.2. The molecule has 0 saturated heterocycles. The van der Waals surface area contributed by atoms with Crippen LogP contribution in [0.5, 0.6) is 0 Å². The van der Waals surface area contributed by atoms with Gasteiger partial charge >= 0.3 is 0 Å². The Balaban J connectivity index is 1.93. The minimum atomic E-state index is -1.33. The molecule has 10 nitrogen and oxygen atoms in total. The van der Waals surface area contributed by atoms with E-state index < -0.39 is 35.6 Å². The number of hydrogen-bond donors (Lipinski definition) is 3. The molecule has 0 aliphatic rings. The van der Waals surface area contributed by atoms with Gasteiger partial charge in [-0.3, -0.25) is 24.6 Å². The van der Waals surface area contributed by atoms with Crippen molar-refractivity contribution < 1.29 is 33.1 Å². The van der Waals surface area contributed by atoms with Crippen molar-refractivity contribution in [2.24, 2.45) is 0 Å². The summed E-state index contributed by atoms with van der Waals surface area (Å²) in [5.74, 6) is -3.41. The Morgan fingerprint density at radius 1 is 0.776 bits per heavy atom. The highest BCUT2D eigenvalue weighted by Gasteiger charge is 2.27. The molecule has 0 bridgehead atoms. The van der Waals surface area contributed by atoms with E-state index in [4.69, 9.17) is 0 Å². The quantitative estimate of drug-likeness (QED) is 0.184. The molecular weight excluding hydrogens is 632 g/mol. The molecule has 0 aliphatic carbocycles. The molecule has 2 unspecified atom stereocenters. The van der Waals surface area contributed by atoms with Crippen molar-refractivity contribution in [3.05, 3.63) is 106 Å². The van der Waals surface area contributed by atoms with Gasteiger partial charge in [-0.15, -0.1) is 0 Å². The number of hydrazine groups is 1. The van der Waals surface area contributed by atoms with Crippen LogP contribution in [-0.4, -0.2) is 96.0 Å².